The molecule has 1 aliphatic heterocycles. The summed E-state index contributed by atoms with van der Waals surface area (Å²) in [5.41, 5.74) is 4.53. The highest BCUT2D eigenvalue weighted by molar-refractivity contribution is 5.58. The minimum Gasteiger partial charge on any atom is -0.381 e. The van der Waals surface area contributed by atoms with Gasteiger partial charge in [0.15, 0.2) is 0 Å². The second-order valence-corrected chi connectivity index (χ2v) is 15.1. The van der Waals surface area contributed by atoms with Crippen LogP contribution in [0, 0.1) is 10.8 Å². The van der Waals surface area contributed by atoms with Crippen molar-refractivity contribution in [2.45, 2.75) is 56.7 Å². The summed E-state index contributed by atoms with van der Waals surface area (Å²) in [4.78, 5) is 0. The minimum absolute atomic E-state index is 0.111. The van der Waals surface area contributed by atoms with E-state index in [9.17, 15) is 0 Å². The number of ether oxygens (including phenoxy) is 2. The zero-order chi connectivity index (χ0) is 35.4. The SMILES string of the molecule is COC1CCOC(C(C)(C)C)(C(c2ccccc2)(c2ccccc2)c2ccccc2)C1(Cc1ccccc1)C(c1ccccc1)c1ccccc1. The molecular formula is C49H50O2. The van der Waals surface area contributed by atoms with E-state index in [1.165, 1.54) is 33.4 Å². The second kappa shape index (κ2) is 14.5. The Morgan fingerprint density at radius 1 is 0.569 bits per heavy atom. The molecule has 0 bridgehead atoms. The molecule has 1 heterocycles. The average Bonchev–Trinajstić information content (AvgIpc) is 3.18. The van der Waals surface area contributed by atoms with Crippen molar-refractivity contribution in [2.75, 3.05) is 13.7 Å². The summed E-state index contributed by atoms with van der Waals surface area (Å²) in [6.45, 7) is 7.78. The standard InChI is InChI=1S/C49H50O2/c1-46(2,3)49(48(41-29-17-8-18-30-41,42-31-19-9-20-32-42)43-33-21-10-22-34-43)47(44(50-4)35-36-51-49,37-38-23-11-5-12-24-38)45(39-25-13-6-14-26-39)40-27-15-7-16-28-40/h5-34,44-45H,35-37H2,1-4H3. The zero-order valence-corrected chi connectivity index (χ0v) is 30.4. The molecular weight excluding hydrogens is 621 g/mol. The molecule has 1 saturated heterocycles. The smallest absolute Gasteiger partial charge is 0.100 e. The van der Waals surface area contributed by atoms with E-state index in [1.807, 2.05) is 7.11 Å². The van der Waals surface area contributed by atoms with E-state index in [2.05, 4.69) is 203 Å². The molecule has 1 fully saturated rings. The van der Waals surface area contributed by atoms with Gasteiger partial charge < -0.3 is 9.47 Å². The molecule has 3 unspecified atom stereocenters. The van der Waals surface area contributed by atoms with Crippen molar-refractivity contribution in [3.63, 3.8) is 0 Å². The Morgan fingerprint density at radius 3 is 1.31 bits per heavy atom. The number of benzene rings is 6. The Hall–Kier alpha value is -4.76. The van der Waals surface area contributed by atoms with E-state index in [0.29, 0.717) is 6.61 Å². The monoisotopic (exact) mass is 670 g/mol. The van der Waals surface area contributed by atoms with Crippen molar-refractivity contribution in [1.82, 2.24) is 0 Å². The first-order valence-electron chi connectivity index (χ1n) is 18.4. The van der Waals surface area contributed by atoms with Crippen LogP contribution in [-0.4, -0.2) is 25.4 Å². The van der Waals surface area contributed by atoms with Crippen LogP contribution in [0.5, 0.6) is 0 Å². The fourth-order valence-corrected chi connectivity index (χ4v) is 10.1. The molecule has 3 atom stereocenters. The summed E-state index contributed by atoms with van der Waals surface area (Å²) in [5, 5.41) is 0. The van der Waals surface area contributed by atoms with Gasteiger partial charge in [0.1, 0.15) is 5.60 Å². The van der Waals surface area contributed by atoms with Gasteiger partial charge in [0, 0.05) is 25.0 Å². The number of methoxy groups -OCH3 is 1. The van der Waals surface area contributed by atoms with Crippen LogP contribution >= 0.6 is 0 Å². The fourth-order valence-electron chi connectivity index (χ4n) is 10.1. The summed E-state index contributed by atoms with van der Waals surface area (Å²) in [5.74, 6) is -0.111. The predicted octanol–water partition coefficient (Wildman–Crippen LogP) is 11.3. The third-order valence-corrected chi connectivity index (χ3v) is 11.5. The van der Waals surface area contributed by atoms with Crippen LogP contribution in [0.25, 0.3) is 0 Å². The molecule has 0 aliphatic carbocycles. The van der Waals surface area contributed by atoms with Crippen molar-refractivity contribution < 1.29 is 9.47 Å². The first-order valence-corrected chi connectivity index (χ1v) is 18.4. The van der Waals surface area contributed by atoms with Gasteiger partial charge >= 0.3 is 0 Å². The van der Waals surface area contributed by atoms with Crippen LogP contribution in [0.15, 0.2) is 182 Å². The van der Waals surface area contributed by atoms with Crippen LogP contribution in [0.1, 0.15) is 66.5 Å². The van der Waals surface area contributed by atoms with Crippen molar-refractivity contribution in [3.05, 3.63) is 215 Å². The Kier molecular flexibility index (Phi) is 9.84. The minimum atomic E-state index is -0.915. The summed E-state index contributed by atoms with van der Waals surface area (Å²) >= 11 is 0. The van der Waals surface area contributed by atoms with Gasteiger partial charge in [0.25, 0.3) is 0 Å². The van der Waals surface area contributed by atoms with Crippen LogP contribution in [0.2, 0.25) is 0 Å². The maximum absolute atomic E-state index is 8.02. The molecule has 258 valence electrons. The largest absolute Gasteiger partial charge is 0.381 e. The van der Waals surface area contributed by atoms with Crippen LogP contribution in [0.3, 0.4) is 0 Å². The van der Waals surface area contributed by atoms with Gasteiger partial charge in [-0.15, -0.1) is 0 Å². The highest BCUT2D eigenvalue weighted by Crippen LogP contribution is 2.71. The molecule has 0 N–H and O–H groups in total. The molecule has 2 heteroatoms. The molecule has 2 nitrogen and oxygen atoms in total. The lowest BCUT2D eigenvalue weighted by atomic mass is 9.38. The molecule has 0 radical (unpaired) electrons. The molecule has 6 aromatic carbocycles. The van der Waals surface area contributed by atoms with Crippen molar-refractivity contribution >= 4 is 0 Å². The normalized spacial score (nSPS) is 21.0. The van der Waals surface area contributed by atoms with Gasteiger partial charge in [0.05, 0.1) is 11.5 Å². The van der Waals surface area contributed by atoms with Crippen LogP contribution in [-0.2, 0) is 21.3 Å². The lowest BCUT2D eigenvalue weighted by Crippen LogP contribution is -2.77. The lowest BCUT2D eigenvalue weighted by molar-refractivity contribution is -0.291. The third-order valence-electron chi connectivity index (χ3n) is 11.5. The van der Waals surface area contributed by atoms with E-state index in [-0.39, 0.29) is 12.0 Å². The second-order valence-electron chi connectivity index (χ2n) is 15.1. The quantitative estimate of drug-likeness (QED) is 0.135. The van der Waals surface area contributed by atoms with E-state index in [4.69, 9.17) is 9.47 Å². The maximum atomic E-state index is 8.02. The highest BCUT2D eigenvalue weighted by atomic mass is 16.5. The molecule has 0 saturated carbocycles. The van der Waals surface area contributed by atoms with E-state index >= 15 is 0 Å². The Morgan fingerprint density at radius 2 is 0.941 bits per heavy atom. The Balaban J connectivity index is 1.77. The molecule has 7 rings (SSSR count). The fraction of sp³-hybridized carbons (Fsp3) is 0.265. The topological polar surface area (TPSA) is 18.5 Å². The third kappa shape index (κ3) is 5.66. The Labute approximate surface area is 305 Å². The van der Waals surface area contributed by atoms with Crippen molar-refractivity contribution in [2.24, 2.45) is 10.8 Å². The van der Waals surface area contributed by atoms with Crippen molar-refractivity contribution in [1.29, 1.82) is 0 Å². The average molecular weight is 671 g/mol. The molecule has 51 heavy (non-hydrogen) atoms. The molecule has 0 aromatic heterocycles. The highest BCUT2D eigenvalue weighted by Gasteiger charge is 2.75. The maximum Gasteiger partial charge on any atom is 0.100 e. The van der Waals surface area contributed by atoms with Gasteiger partial charge in [-0.1, -0.05) is 203 Å². The number of hydrogen-bond acceptors (Lipinski definition) is 2. The molecule has 0 amide bonds. The summed E-state index contributed by atoms with van der Waals surface area (Å²) in [6.07, 6.45) is 1.32. The summed E-state index contributed by atoms with van der Waals surface area (Å²) in [6, 6.07) is 66.7. The Bertz CT molecular complexity index is 1820. The van der Waals surface area contributed by atoms with Gasteiger partial charge in [-0.3, -0.25) is 0 Å². The first-order chi connectivity index (χ1) is 24.9. The van der Waals surface area contributed by atoms with E-state index < -0.39 is 21.8 Å². The molecule has 0 spiro atoms. The number of rotatable bonds is 10. The van der Waals surface area contributed by atoms with Gasteiger partial charge in [-0.05, 0) is 51.6 Å². The van der Waals surface area contributed by atoms with Crippen molar-refractivity contribution in [3.8, 4) is 0 Å². The van der Waals surface area contributed by atoms with Crippen LogP contribution < -0.4 is 0 Å². The van der Waals surface area contributed by atoms with Crippen LogP contribution in [0.4, 0.5) is 0 Å². The molecule has 1 aliphatic rings. The van der Waals surface area contributed by atoms with Gasteiger partial charge in [-0.25, -0.2) is 0 Å². The van der Waals surface area contributed by atoms with E-state index in [0.717, 1.165) is 12.8 Å². The first kappa shape index (κ1) is 34.7. The van der Waals surface area contributed by atoms with Gasteiger partial charge in [0.2, 0.25) is 0 Å². The summed E-state index contributed by atoms with van der Waals surface area (Å²) < 4.78 is 15.0. The molecule has 6 aromatic rings. The lowest BCUT2D eigenvalue weighted by Gasteiger charge is -2.71. The van der Waals surface area contributed by atoms with Gasteiger partial charge in [-0.2, -0.15) is 0 Å². The van der Waals surface area contributed by atoms with E-state index in [1.54, 1.807) is 0 Å². The summed E-state index contributed by atoms with van der Waals surface area (Å²) in [7, 11) is 1.92. The zero-order valence-electron chi connectivity index (χ0n) is 30.4. The predicted molar refractivity (Wildman–Crippen MR) is 210 cm³/mol. The number of hydrogen-bond donors (Lipinski definition) is 0.